The summed E-state index contributed by atoms with van der Waals surface area (Å²) in [7, 11) is -4.28. The predicted molar refractivity (Wildman–Crippen MR) is 91.2 cm³/mol. The van der Waals surface area contributed by atoms with Crippen molar-refractivity contribution in [3.8, 4) is 5.75 Å². The summed E-state index contributed by atoms with van der Waals surface area (Å²) in [6.45, 7) is 3.18. The lowest BCUT2D eigenvalue weighted by atomic mass is 10.3. The van der Waals surface area contributed by atoms with E-state index in [-0.39, 0.29) is 5.69 Å². The minimum Gasteiger partial charge on any atom is -0.414 e. The molecule has 0 aromatic heterocycles. The number of hydrogen-bond acceptors (Lipinski definition) is 6. The second kappa shape index (κ2) is 7.32. The van der Waals surface area contributed by atoms with Crippen LogP contribution < -0.4 is 9.46 Å². The molecule has 0 saturated carbocycles. The van der Waals surface area contributed by atoms with Crippen LogP contribution in [0.1, 0.15) is 0 Å². The fraction of sp³-hybridized carbons (Fsp3) is 0. The van der Waals surface area contributed by atoms with Crippen molar-refractivity contribution in [2.24, 2.45) is 0 Å². The summed E-state index contributed by atoms with van der Waals surface area (Å²) in [5.41, 5.74) is -0.494. The van der Waals surface area contributed by atoms with E-state index in [1.165, 1.54) is 30.3 Å². The molecule has 0 amide bonds. The first kappa shape index (κ1) is 18.4. The summed E-state index contributed by atoms with van der Waals surface area (Å²) in [5, 5.41) is 11.5. The Balaban J connectivity index is 2.53. The number of nitro groups is 1. The number of carbonyl (C=O) groups is 1. The molecule has 10 heteroatoms. The maximum Gasteiger partial charge on any atom is 0.335 e. The van der Waals surface area contributed by atoms with E-state index in [2.05, 4.69) is 11.3 Å². The molecule has 0 bridgehead atoms. The van der Waals surface area contributed by atoms with Crippen LogP contribution in [0.2, 0.25) is 5.02 Å². The Morgan fingerprint density at radius 3 is 2.44 bits per heavy atom. The minimum atomic E-state index is -4.28. The molecule has 0 saturated heterocycles. The van der Waals surface area contributed by atoms with Gasteiger partial charge in [-0.3, -0.25) is 14.8 Å². The van der Waals surface area contributed by atoms with E-state index >= 15 is 0 Å². The Morgan fingerprint density at radius 2 is 1.88 bits per heavy atom. The van der Waals surface area contributed by atoms with Gasteiger partial charge in [0.2, 0.25) is 5.75 Å². The molecule has 0 atom stereocenters. The number of ether oxygens (including phenoxy) is 1. The number of sulfonamides is 1. The fourth-order valence-corrected chi connectivity index (χ4v) is 3.16. The molecule has 2 rings (SSSR count). The first-order chi connectivity index (χ1) is 11.7. The quantitative estimate of drug-likeness (QED) is 0.270. The summed E-state index contributed by atoms with van der Waals surface area (Å²) in [5.74, 6) is -1.73. The number of nitro benzene ring substituents is 1. The van der Waals surface area contributed by atoms with Crippen LogP contribution in [-0.4, -0.2) is 19.3 Å². The summed E-state index contributed by atoms with van der Waals surface area (Å²) in [6.07, 6.45) is 0.764. The number of nitrogens with one attached hydrogen (secondary N) is 1. The molecular weight excluding hydrogens is 372 g/mol. The van der Waals surface area contributed by atoms with E-state index in [1.54, 1.807) is 0 Å². The second-order valence-corrected chi connectivity index (χ2v) is 6.69. The van der Waals surface area contributed by atoms with Gasteiger partial charge in [0.05, 0.1) is 4.92 Å². The highest BCUT2D eigenvalue weighted by Crippen LogP contribution is 2.35. The van der Waals surface area contributed by atoms with Crippen molar-refractivity contribution in [3.63, 3.8) is 0 Å². The van der Waals surface area contributed by atoms with Gasteiger partial charge >= 0.3 is 11.7 Å². The van der Waals surface area contributed by atoms with Crippen LogP contribution in [0.4, 0.5) is 11.4 Å². The van der Waals surface area contributed by atoms with E-state index in [1.807, 2.05) is 0 Å². The summed E-state index contributed by atoms with van der Waals surface area (Å²) < 4.78 is 32.2. The van der Waals surface area contributed by atoms with Gasteiger partial charge in [-0.05, 0) is 30.3 Å². The SMILES string of the molecule is C=CC(=O)Oc1c([N+](=O)[O-])cccc1S(=O)(=O)Nc1ccc(Cl)cc1. The Labute approximate surface area is 147 Å². The molecular formula is C15H11ClN2O6S. The summed E-state index contributed by atoms with van der Waals surface area (Å²) in [6, 6.07) is 9.01. The number of rotatable bonds is 6. The van der Waals surface area contributed by atoms with Crippen molar-refractivity contribution in [3.05, 3.63) is 70.3 Å². The third-order valence-electron chi connectivity index (χ3n) is 2.91. The van der Waals surface area contributed by atoms with Gasteiger partial charge in [-0.25, -0.2) is 13.2 Å². The Kier molecular flexibility index (Phi) is 5.40. The van der Waals surface area contributed by atoms with Crippen LogP contribution in [0.25, 0.3) is 0 Å². The number of nitrogens with zero attached hydrogens (tertiary/aromatic N) is 1. The molecule has 0 aliphatic carbocycles. The van der Waals surface area contributed by atoms with Crippen LogP contribution in [0.5, 0.6) is 5.75 Å². The highest BCUT2D eigenvalue weighted by molar-refractivity contribution is 7.92. The average molecular weight is 383 g/mol. The monoisotopic (exact) mass is 382 g/mol. The second-order valence-electron chi connectivity index (χ2n) is 4.60. The molecule has 0 fully saturated rings. The third kappa shape index (κ3) is 4.34. The zero-order valence-electron chi connectivity index (χ0n) is 12.5. The normalized spacial score (nSPS) is 10.8. The lowest BCUT2D eigenvalue weighted by Gasteiger charge is -2.12. The molecule has 1 N–H and O–H groups in total. The van der Waals surface area contributed by atoms with Gasteiger partial charge in [-0.2, -0.15) is 0 Å². The van der Waals surface area contributed by atoms with Crippen LogP contribution in [-0.2, 0) is 14.8 Å². The number of para-hydroxylation sites is 1. The lowest BCUT2D eigenvalue weighted by molar-refractivity contribution is -0.385. The summed E-state index contributed by atoms with van der Waals surface area (Å²) >= 11 is 5.73. The lowest BCUT2D eigenvalue weighted by Crippen LogP contribution is -2.16. The number of anilines is 1. The molecule has 0 unspecified atom stereocenters. The van der Waals surface area contributed by atoms with Crippen molar-refractivity contribution in [2.45, 2.75) is 4.90 Å². The van der Waals surface area contributed by atoms with Crippen LogP contribution in [0, 0.1) is 10.1 Å². The number of halogens is 1. The zero-order chi connectivity index (χ0) is 18.6. The average Bonchev–Trinajstić information content (AvgIpc) is 2.56. The van der Waals surface area contributed by atoms with E-state index in [0.717, 1.165) is 18.2 Å². The van der Waals surface area contributed by atoms with Gasteiger partial charge < -0.3 is 4.74 Å². The van der Waals surface area contributed by atoms with E-state index < -0.39 is 37.2 Å². The molecule has 0 aliphatic heterocycles. The standard InChI is InChI=1S/C15H11ClN2O6S/c1-2-14(19)24-15-12(18(20)21)4-3-5-13(15)25(22,23)17-11-8-6-10(16)7-9-11/h2-9,17H,1H2. The first-order valence-corrected chi connectivity index (χ1v) is 8.51. The largest absolute Gasteiger partial charge is 0.414 e. The zero-order valence-corrected chi connectivity index (χ0v) is 14.1. The van der Waals surface area contributed by atoms with Crippen molar-refractivity contribution >= 4 is 39.0 Å². The smallest absolute Gasteiger partial charge is 0.335 e. The highest BCUT2D eigenvalue weighted by atomic mass is 35.5. The minimum absolute atomic E-state index is 0.178. The van der Waals surface area contributed by atoms with Crippen LogP contribution >= 0.6 is 11.6 Å². The van der Waals surface area contributed by atoms with E-state index in [9.17, 15) is 23.3 Å². The van der Waals surface area contributed by atoms with Crippen LogP contribution in [0.3, 0.4) is 0 Å². The molecule has 2 aromatic rings. The molecule has 2 aromatic carbocycles. The van der Waals surface area contributed by atoms with Crippen LogP contribution in [0.15, 0.2) is 60.0 Å². The molecule has 130 valence electrons. The van der Waals surface area contributed by atoms with Crippen molar-refractivity contribution in [2.75, 3.05) is 4.72 Å². The summed E-state index contributed by atoms with van der Waals surface area (Å²) in [4.78, 5) is 21.1. The Morgan fingerprint density at radius 1 is 1.24 bits per heavy atom. The van der Waals surface area contributed by atoms with Crippen molar-refractivity contribution in [1.82, 2.24) is 0 Å². The number of esters is 1. The predicted octanol–water partition coefficient (Wildman–Crippen LogP) is 3.14. The highest BCUT2D eigenvalue weighted by Gasteiger charge is 2.29. The topological polar surface area (TPSA) is 116 Å². The molecule has 0 heterocycles. The van der Waals surface area contributed by atoms with Crippen molar-refractivity contribution < 1.29 is 22.9 Å². The molecule has 8 nitrogen and oxygen atoms in total. The number of hydrogen-bond donors (Lipinski definition) is 1. The van der Waals surface area contributed by atoms with Gasteiger partial charge in [0.25, 0.3) is 10.0 Å². The molecule has 0 spiro atoms. The number of carbonyl (C=O) groups excluding carboxylic acids is 1. The Hall–Kier alpha value is -2.91. The van der Waals surface area contributed by atoms with Crippen molar-refractivity contribution in [1.29, 1.82) is 0 Å². The van der Waals surface area contributed by atoms with Gasteiger partial charge in [0.15, 0.2) is 0 Å². The van der Waals surface area contributed by atoms with Gasteiger partial charge in [-0.1, -0.05) is 24.2 Å². The number of benzene rings is 2. The maximum atomic E-state index is 12.6. The molecule has 0 aliphatic rings. The first-order valence-electron chi connectivity index (χ1n) is 6.64. The van der Waals surface area contributed by atoms with Gasteiger partial charge in [0.1, 0.15) is 4.90 Å². The maximum absolute atomic E-state index is 12.6. The Bertz CT molecular complexity index is 941. The van der Waals surface area contributed by atoms with Gasteiger partial charge in [-0.15, -0.1) is 0 Å². The van der Waals surface area contributed by atoms with E-state index in [4.69, 9.17) is 16.3 Å². The molecule has 25 heavy (non-hydrogen) atoms. The fourth-order valence-electron chi connectivity index (χ4n) is 1.83. The van der Waals surface area contributed by atoms with Gasteiger partial charge in [0, 0.05) is 22.9 Å². The molecule has 0 radical (unpaired) electrons. The third-order valence-corrected chi connectivity index (χ3v) is 4.57. The van der Waals surface area contributed by atoms with E-state index in [0.29, 0.717) is 5.02 Å².